The Bertz CT molecular complexity index is 252. The molecule has 4 unspecified atom stereocenters. The summed E-state index contributed by atoms with van der Waals surface area (Å²) in [5, 5.41) is 3.79. The van der Waals surface area contributed by atoms with E-state index in [1.54, 1.807) is 0 Å². The third-order valence-corrected chi connectivity index (χ3v) is 4.20. The maximum Gasteiger partial charge on any atom is 0.0685 e. The van der Waals surface area contributed by atoms with Crippen molar-refractivity contribution in [3.05, 3.63) is 0 Å². The Morgan fingerprint density at radius 2 is 2.12 bits per heavy atom. The first-order chi connectivity index (χ1) is 7.43. The smallest absolute Gasteiger partial charge is 0.0685 e. The second kappa shape index (κ2) is 4.28. The molecule has 0 aromatic heterocycles. The Labute approximate surface area is 99.5 Å². The highest BCUT2D eigenvalue weighted by Crippen LogP contribution is 2.52. The fourth-order valence-electron chi connectivity index (χ4n) is 3.57. The highest BCUT2D eigenvalue weighted by Gasteiger charge is 2.59. The lowest BCUT2D eigenvalue weighted by Gasteiger charge is -2.55. The highest BCUT2D eigenvalue weighted by atomic mass is 16.5. The standard InChI is InChI=1S/C13H26N2O/c1-9(8-15(4)5)14-11-10-6-7-16-12(10)13(11,2)3/h9-12,14H,6-8H2,1-5H3. The average molecular weight is 226 g/mol. The van der Waals surface area contributed by atoms with Gasteiger partial charge >= 0.3 is 0 Å². The molecule has 1 aliphatic carbocycles. The van der Waals surface area contributed by atoms with Crippen molar-refractivity contribution >= 4 is 0 Å². The Morgan fingerprint density at radius 1 is 1.44 bits per heavy atom. The van der Waals surface area contributed by atoms with Gasteiger partial charge in [-0.3, -0.25) is 0 Å². The third-order valence-electron chi connectivity index (χ3n) is 4.20. The molecular weight excluding hydrogens is 200 g/mol. The van der Waals surface area contributed by atoms with Crippen molar-refractivity contribution in [2.45, 2.75) is 45.4 Å². The molecule has 0 amide bonds. The van der Waals surface area contributed by atoms with E-state index < -0.39 is 0 Å². The van der Waals surface area contributed by atoms with E-state index in [0.29, 0.717) is 23.6 Å². The van der Waals surface area contributed by atoms with Crippen LogP contribution in [-0.4, -0.2) is 50.3 Å². The lowest BCUT2D eigenvalue weighted by atomic mass is 9.57. The molecular formula is C13H26N2O. The molecule has 16 heavy (non-hydrogen) atoms. The Morgan fingerprint density at radius 3 is 2.75 bits per heavy atom. The van der Waals surface area contributed by atoms with Crippen LogP contribution in [0.2, 0.25) is 0 Å². The topological polar surface area (TPSA) is 24.5 Å². The van der Waals surface area contributed by atoms with Gasteiger partial charge in [-0.1, -0.05) is 13.8 Å². The number of nitrogens with one attached hydrogen (secondary N) is 1. The van der Waals surface area contributed by atoms with Crippen molar-refractivity contribution in [1.82, 2.24) is 10.2 Å². The predicted molar refractivity (Wildman–Crippen MR) is 66.6 cm³/mol. The maximum absolute atomic E-state index is 5.81. The number of rotatable bonds is 4. The lowest BCUT2D eigenvalue weighted by Crippen LogP contribution is -2.67. The highest BCUT2D eigenvalue weighted by molar-refractivity contribution is 5.11. The van der Waals surface area contributed by atoms with Crippen LogP contribution in [0.3, 0.4) is 0 Å². The number of fused-ring (bicyclic) bond motifs is 1. The van der Waals surface area contributed by atoms with E-state index in [2.05, 4.69) is 45.1 Å². The Kier molecular flexibility index (Phi) is 3.30. The monoisotopic (exact) mass is 226 g/mol. The number of hydrogen-bond donors (Lipinski definition) is 1. The number of likely N-dealkylation sites (N-methyl/N-ethyl adjacent to an activating group) is 1. The molecule has 0 aromatic rings. The fraction of sp³-hybridized carbons (Fsp3) is 1.00. The zero-order valence-corrected chi connectivity index (χ0v) is 11.3. The quantitative estimate of drug-likeness (QED) is 0.783. The SMILES string of the molecule is CC(CN(C)C)NC1C2CCOC2C1(C)C. The van der Waals surface area contributed by atoms with E-state index in [4.69, 9.17) is 4.74 Å². The van der Waals surface area contributed by atoms with Crippen molar-refractivity contribution in [2.24, 2.45) is 11.3 Å². The molecule has 1 N–H and O–H groups in total. The van der Waals surface area contributed by atoms with Gasteiger partial charge in [-0.25, -0.2) is 0 Å². The maximum atomic E-state index is 5.81. The van der Waals surface area contributed by atoms with Crippen LogP contribution >= 0.6 is 0 Å². The molecule has 2 aliphatic rings. The van der Waals surface area contributed by atoms with Crippen LogP contribution in [-0.2, 0) is 4.74 Å². The van der Waals surface area contributed by atoms with Crippen molar-refractivity contribution in [1.29, 1.82) is 0 Å². The van der Waals surface area contributed by atoms with E-state index in [9.17, 15) is 0 Å². The van der Waals surface area contributed by atoms with Crippen molar-refractivity contribution in [3.8, 4) is 0 Å². The minimum atomic E-state index is 0.307. The lowest BCUT2D eigenvalue weighted by molar-refractivity contribution is -0.115. The molecule has 4 atom stereocenters. The van der Waals surface area contributed by atoms with Crippen LogP contribution in [0, 0.1) is 11.3 Å². The molecule has 0 bridgehead atoms. The van der Waals surface area contributed by atoms with Crippen LogP contribution in [0.5, 0.6) is 0 Å². The van der Waals surface area contributed by atoms with E-state index in [1.165, 1.54) is 6.42 Å². The second-order valence-electron chi connectivity index (χ2n) is 6.37. The average Bonchev–Trinajstić information content (AvgIpc) is 2.59. The van der Waals surface area contributed by atoms with Gasteiger partial charge in [0, 0.05) is 36.6 Å². The Hall–Kier alpha value is -0.120. The summed E-state index contributed by atoms with van der Waals surface area (Å²) in [6.45, 7) is 9.00. The molecule has 0 radical (unpaired) electrons. The van der Waals surface area contributed by atoms with E-state index in [1.807, 2.05) is 0 Å². The van der Waals surface area contributed by atoms with Crippen LogP contribution < -0.4 is 5.32 Å². The molecule has 1 heterocycles. The first-order valence-electron chi connectivity index (χ1n) is 6.45. The van der Waals surface area contributed by atoms with Crippen molar-refractivity contribution < 1.29 is 4.74 Å². The van der Waals surface area contributed by atoms with Gasteiger partial charge in [-0.2, -0.15) is 0 Å². The second-order valence-corrected chi connectivity index (χ2v) is 6.37. The van der Waals surface area contributed by atoms with E-state index in [-0.39, 0.29) is 0 Å². The summed E-state index contributed by atoms with van der Waals surface area (Å²) in [6, 6.07) is 1.19. The summed E-state index contributed by atoms with van der Waals surface area (Å²) < 4.78 is 5.81. The molecule has 3 nitrogen and oxygen atoms in total. The largest absolute Gasteiger partial charge is 0.377 e. The van der Waals surface area contributed by atoms with Gasteiger partial charge in [0.15, 0.2) is 0 Å². The van der Waals surface area contributed by atoms with Crippen LogP contribution in [0.25, 0.3) is 0 Å². The normalized spacial score (nSPS) is 38.2. The number of hydrogen-bond acceptors (Lipinski definition) is 3. The van der Waals surface area contributed by atoms with Gasteiger partial charge in [0.25, 0.3) is 0 Å². The summed E-state index contributed by atoms with van der Waals surface area (Å²) in [5.74, 6) is 0.750. The van der Waals surface area contributed by atoms with Crippen molar-refractivity contribution in [3.63, 3.8) is 0 Å². The summed E-state index contributed by atoms with van der Waals surface area (Å²) >= 11 is 0. The van der Waals surface area contributed by atoms with Crippen LogP contribution in [0.1, 0.15) is 27.2 Å². The van der Waals surface area contributed by atoms with E-state index in [0.717, 1.165) is 19.1 Å². The zero-order chi connectivity index (χ0) is 11.9. The van der Waals surface area contributed by atoms with Gasteiger partial charge < -0.3 is 15.0 Å². The van der Waals surface area contributed by atoms with Gasteiger partial charge in [-0.05, 0) is 27.4 Å². The van der Waals surface area contributed by atoms with Crippen LogP contribution in [0.4, 0.5) is 0 Å². The number of nitrogens with zero attached hydrogens (tertiary/aromatic N) is 1. The van der Waals surface area contributed by atoms with Gasteiger partial charge in [0.1, 0.15) is 0 Å². The van der Waals surface area contributed by atoms with Gasteiger partial charge in [0.2, 0.25) is 0 Å². The fourth-order valence-corrected chi connectivity index (χ4v) is 3.57. The molecule has 0 aromatic carbocycles. The molecule has 1 aliphatic heterocycles. The van der Waals surface area contributed by atoms with Crippen molar-refractivity contribution in [2.75, 3.05) is 27.2 Å². The molecule has 94 valence electrons. The van der Waals surface area contributed by atoms with E-state index >= 15 is 0 Å². The summed E-state index contributed by atoms with van der Waals surface area (Å²) in [6.07, 6.45) is 1.73. The summed E-state index contributed by atoms with van der Waals surface area (Å²) in [7, 11) is 4.26. The Balaban J connectivity index is 1.90. The first kappa shape index (κ1) is 12.3. The molecule has 2 rings (SSSR count). The van der Waals surface area contributed by atoms with Gasteiger partial charge in [-0.15, -0.1) is 0 Å². The zero-order valence-electron chi connectivity index (χ0n) is 11.3. The predicted octanol–water partition coefficient (Wildman–Crippen LogP) is 1.34. The molecule has 1 saturated carbocycles. The van der Waals surface area contributed by atoms with Gasteiger partial charge in [0.05, 0.1) is 6.10 Å². The summed E-state index contributed by atoms with van der Waals surface area (Å²) in [4.78, 5) is 2.24. The first-order valence-corrected chi connectivity index (χ1v) is 6.45. The minimum absolute atomic E-state index is 0.307. The summed E-state index contributed by atoms with van der Waals surface area (Å²) in [5.41, 5.74) is 0.307. The molecule has 0 spiro atoms. The molecule has 1 saturated heterocycles. The minimum Gasteiger partial charge on any atom is -0.377 e. The molecule has 2 fully saturated rings. The van der Waals surface area contributed by atoms with Crippen LogP contribution in [0.15, 0.2) is 0 Å². The third kappa shape index (κ3) is 2.01. The molecule has 3 heteroatoms. The number of ether oxygens (including phenoxy) is 1.